The zero-order valence-electron chi connectivity index (χ0n) is 28.9. The first-order valence-electron chi connectivity index (χ1n) is 17.4. The maximum atomic E-state index is 13.0. The second-order valence-corrected chi connectivity index (χ2v) is 13.7. The summed E-state index contributed by atoms with van der Waals surface area (Å²) in [6, 6.07) is 38.0. The van der Waals surface area contributed by atoms with E-state index in [9.17, 15) is 15.0 Å². The molecule has 270 valence electrons. The lowest BCUT2D eigenvalue weighted by Gasteiger charge is -2.36. The number of phenols is 1. The van der Waals surface area contributed by atoms with E-state index >= 15 is 0 Å². The van der Waals surface area contributed by atoms with Crippen LogP contribution in [0.1, 0.15) is 51.6 Å². The van der Waals surface area contributed by atoms with Crippen molar-refractivity contribution in [1.29, 1.82) is 0 Å². The molecule has 3 heterocycles. The number of aromatic hydroxyl groups is 1. The van der Waals surface area contributed by atoms with Crippen LogP contribution in [-0.4, -0.2) is 58.2 Å². The summed E-state index contributed by atoms with van der Waals surface area (Å²) in [5.41, 5.74) is 8.00. The predicted molar refractivity (Wildman–Crippen MR) is 203 cm³/mol. The highest BCUT2D eigenvalue weighted by atomic mass is 32.2. The molecule has 0 saturated carbocycles. The number of carbonyl (C=O) groups excluding carboxylic acids is 1. The van der Waals surface area contributed by atoms with Gasteiger partial charge in [0.2, 0.25) is 5.16 Å². The van der Waals surface area contributed by atoms with Crippen molar-refractivity contribution < 1.29 is 24.5 Å². The molecule has 1 amide bonds. The van der Waals surface area contributed by atoms with Crippen molar-refractivity contribution in [3.63, 3.8) is 0 Å². The summed E-state index contributed by atoms with van der Waals surface area (Å²) in [7, 11) is 0. The number of hydrogen-bond acceptors (Lipinski definition) is 11. The van der Waals surface area contributed by atoms with Crippen LogP contribution in [0.25, 0.3) is 27.8 Å². The van der Waals surface area contributed by atoms with Gasteiger partial charge >= 0.3 is 0 Å². The number of hydrogen-bond donors (Lipinski definition) is 3. The molecule has 8 rings (SSSR count). The van der Waals surface area contributed by atoms with Gasteiger partial charge in [-0.05, 0) is 74.6 Å². The summed E-state index contributed by atoms with van der Waals surface area (Å²) in [6.45, 7) is 0.278. The number of fused-ring (bicyclic) bond motifs is 1. The monoisotopic (exact) mass is 737 g/mol. The second kappa shape index (κ2) is 15.9. The zero-order chi connectivity index (χ0) is 36.9. The van der Waals surface area contributed by atoms with Crippen LogP contribution in [0.4, 0.5) is 0 Å². The van der Waals surface area contributed by atoms with Gasteiger partial charge in [-0.15, -0.1) is 5.10 Å². The van der Waals surface area contributed by atoms with E-state index < -0.39 is 6.29 Å². The summed E-state index contributed by atoms with van der Waals surface area (Å²) in [4.78, 5) is 21.9. The van der Waals surface area contributed by atoms with Crippen LogP contribution in [0, 0.1) is 0 Å². The highest BCUT2D eigenvalue weighted by Gasteiger charge is 2.33. The van der Waals surface area contributed by atoms with E-state index in [1.165, 1.54) is 18.0 Å². The number of carbonyl (C=O) groups is 1. The number of tetrazole rings is 1. The molecule has 0 bridgehead atoms. The molecule has 0 radical (unpaired) electrons. The average Bonchev–Trinajstić information content (AvgIpc) is 3.71. The van der Waals surface area contributed by atoms with Crippen LogP contribution in [0.5, 0.6) is 5.75 Å². The smallest absolute Gasteiger partial charge is 0.271 e. The molecule has 5 aromatic carbocycles. The summed E-state index contributed by atoms with van der Waals surface area (Å²) in [5, 5.41) is 35.2. The fraction of sp³-hybridized carbons (Fsp3) is 0.171. The maximum Gasteiger partial charge on any atom is 0.271 e. The Morgan fingerprint density at radius 1 is 0.852 bits per heavy atom. The Labute approximate surface area is 314 Å². The van der Waals surface area contributed by atoms with Crippen molar-refractivity contribution in [3.8, 4) is 22.6 Å². The van der Waals surface area contributed by atoms with Crippen LogP contribution < -0.4 is 5.32 Å². The third-order valence-electron chi connectivity index (χ3n) is 9.18. The summed E-state index contributed by atoms with van der Waals surface area (Å²) >= 11 is 1.48. The number of aliphatic hydroxyl groups excluding tert-OH is 1. The third-order valence-corrected chi connectivity index (χ3v) is 10.2. The number of nitrogens with zero attached hydrogens (tertiary/aromatic N) is 6. The largest absolute Gasteiger partial charge is 0.508 e. The molecule has 2 aromatic heterocycles. The van der Waals surface area contributed by atoms with Gasteiger partial charge in [0.15, 0.2) is 6.29 Å². The third kappa shape index (κ3) is 7.84. The van der Waals surface area contributed by atoms with Crippen LogP contribution in [0.2, 0.25) is 0 Å². The molecule has 0 spiro atoms. The minimum Gasteiger partial charge on any atom is -0.508 e. The number of thioether (sulfide) groups is 1. The van der Waals surface area contributed by atoms with E-state index in [0.717, 1.165) is 44.6 Å². The van der Waals surface area contributed by atoms with Gasteiger partial charge in [0, 0.05) is 24.3 Å². The molecule has 12 nitrogen and oxygen atoms in total. The van der Waals surface area contributed by atoms with Crippen LogP contribution in [0.3, 0.4) is 0 Å². The molecule has 54 heavy (non-hydrogen) atoms. The lowest BCUT2D eigenvalue weighted by Crippen LogP contribution is -2.31. The van der Waals surface area contributed by atoms with E-state index in [-0.39, 0.29) is 36.2 Å². The minimum atomic E-state index is -0.647. The first-order chi connectivity index (χ1) is 26.5. The fourth-order valence-electron chi connectivity index (χ4n) is 6.32. The Balaban J connectivity index is 0.986. The summed E-state index contributed by atoms with van der Waals surface area (Å²) in [6.07, 6.45) is 0.983. The van der Waals surface area contributed by atoms with Crippen LogP contribution in [-0.2, 0) is 22.6 Å². The van der Waals surface area contributed by atoms with Crippen molar-refractivity contribution in [2.24, 2.45) is 0 Å². The SMILES string of the molecule is O=C(NCc1ccccc1-c1ccc([C@H]2O[C@@H](CSc3nnnn3-c3ccc(O)cc3)C[C@@H](c3ccc(CO)cc3)O2)cc1)c1cnc2ccccc2n1. The highest BCUT2D eigenvalue weighted by Crippen LogP contribution is 2.40. The number of rotatable bonds is 11. The van der Waals surface area contributed by atoms with Crippen molar-refractivity contribution >= 4 is 28.7 Å². The van der Waals surface area contributed by atoms with Gasteiger partial charge in [-0.2, -0.15) is 4.68 Å². The van der Waals surface area contributed by atoms with Gasteiger partial charge in [0.1, 0.15) is 11.4 Å². The van der Waals surface area contributed by atoms with Gasteiger partial charge in [-0.1, -0.05) is 96.7 Å². The Morgan fingerprint density at radius 2 is 1.59 bits per heavy atom. The molecule has 1 fully saturated rings. The Hall–Kier alpha value is -5.99. The van der Waals surface area contributed by atoms with E-state index in [0.29, 0.717) is 29.4 Å². The summed E-state index contributed by atoms with van der Waals surface area (Å²) in [5.74, 6) is 0.427. The maximum absolute atomic E-state index is 13.0. The minimum absolute atomic E-state index is 0.0342. The molecule has 1 aliphatic rings. The van der Waals surface area contributed by atoms with E-state index in [1.807, 2.05) is 97.1 Å². The number of nitrogens with one attached hydrogen (secondary N) is 1. The van der Waals surface area contributed by atoms with Gasteiger partial charge in [-0.3, -0.25) is 9.78 Å². The number of aromatic nitrogens is 6. The van der Waals surface area contributed by atoms with Gasteiger partial charge < -0.3 is 25.0 Å². The zero-order valence-corrected chi connectivity index (χ0v) is 29.7. The van der Waals surface area contributed by atoms with Crippen LogP contribution in [0.15, 0.2) is 133 Å². The molecule has 1 saturated heterocycles. The molecular weight excluding hydrogens is 703 g/mol. The molecule has 0 aliphatic carbocycles. The topological polar surface area (TPSA) is 157 Å². The number of ether oxygens (including phenoxy) is 2. The molecule has 1 aliphatic heterocycles. The first kappa shape index (κ1) is 35.1. The quantitative estimate of drug-likeness (QED) is 0.121. The molecule has 13 heteroatoms. The molecule has 3 N–H and O–H groups in total. The Kier molecular flexibility index (Phi) is 10.4. The normalized spacial score (nSPS) is 17.0. The van der Waals surface area contributed by atoms with E-state index in [1.54, 1.807) is 28.9 Å². The van der Waals surface area contributed by atoms with Crippen molar-refractivity contribution in [1.82, 2.24) is 35.5 Å². The summed E-state index contributed by atoms with van der Waals surface area (Å²) < 4.78 is 14.8. The first-order valence-corrected chi connectivity index (χ1v) is 18.4. The number of benzene rings is 5. The lowest BCUT2D eigenvalue weighted by atomic mass is 9.97. The van der Waals surface area contributed by atoms with Crippen LogP contribution >= 0.6 is 11.8 Å². The molecule has 3 atom stereocenters. The molecule has 0 unspecified atom stereocenters. The number of amides is 1. The highest BCUT2D eigenvalue weighted by molar-refractivity contribution is 7.99. The van der Waals surface area contributed by atoms with Gasteiger partial charge in [0.05, 0.1) is 41.7 Å². The van der Waals surface area contributed by atoms with Crippen molar-refractivity contribution in [3.05, 3.63) is 155 Å². The lowest BCUT2D eigenvalue weighted by molar-refractivity contribution is -0.245. The Morgan fingerprint density at radius 3 is 2.39 bits per heavy atom. The predicted octanol–water partition coefficient (Wildman–Crippen LogP) is 6.74. The molecular formula is C41H35N7O5S. The second-order valence-electron chi connectivity index (χ2n) is 12.8. The number of phenolic OH excluding ortho intramolecular Hbond substituents is 1. The van der Waals surface area contributed by atoms with E-state index in [2.05, 4.69) is 30.8 Å². The van der Waals surface area contributed by atoms with Gasteiger partial charge in [-0.25, -0.2) is 4.98 Å². The van der Waals surface area contributed by atoms with Gasteiger partial charge in [0.25, 0.3) is 5.91 Å². The Bertz CT molecular complexity index is 2370. The van der Waals surface area contributed by atoms with E-state index in [4.69, 9.17) is 9.47 Å². The number of aliphatic hydroxyl groups is 1. The average molecular weight is 738 g/mol. The van der Waals surface area contributed by atoms with Crippen molar-refractivity contribution in [2.45, 2.75) is 43.2 Å². The number of para-hydroxylation sites is 2. The fourth-order valence-corrected chi connectivity index (χ4v) is 7.23. The standard InChI is InChI=1S/C41H35N7O5S/c49-24-26-9-11-28(12-10-26)38-21-33(25-54-41-45-46-47-48(41)31-17-19-32(50)20-18-31)52-40(53-38)29-15-13-27(14-16-29)34-6-2-1-5-30(34)22-43-39(51)37-23-42-35-7-3-4-8-36(35)44-37/h1-20,23,33,38,40,49-50H,21-22,24-25H2,(H,43,51)/t33-,38+,40+/m1/s1. The van der Waals surface area contributed by atoms with Crippen molar-refractivity contribution in [2.75, 3.05) is 5.75 Å². The molecule has 7 aromatic rings.